The summed E-state index contributed by atoms with van der Waals surface area (Å²) in [5.74, 6) is 2.20. The Bertz CT molecular complexity index is 897. The highest BCUT2D eigenvalue weighted by Crippen LogP contribution is 2.59. The van der Waals surface area contributed by atoms with Gasteiger partial charge in [-0.1, -0.05) is 13.8 Å². The van der Waals surface area contributed by atoms with Crippen molar-refractivity contribution in [2.45, 2.75) is 77.7 Å². The van der Waals surface area contributed by atoms with Crippen LogP contribution in [0.15, 0.2) is 12.1 Å². The molecule has 2 fully saturated rings. The van der Waals surface area contributed by atoms with Gasteiger partial charge >= 0.3 is 11.9 Å². The lowest BCUT2D eigenvalue weighted by molar-refractivity contribution is -0.158. The first kappa shape index (κ1) is 23.9. The summed E-state index contributed by atoms with van der Waals surface area (Å²) in [7, 11) is 3.32. The van der Waals surface area contributed by atoms with Crippen molar-refractivity contribution in [3.8, 4) is 11.5 Å². The number of carbonyl (C=O) groups excluding carboxylic acids is 2. The number of ether oxygens (including phenoxy) is 4. The number of hydrogen-bond donors (Lipinski definition) is 0. The molecular weight excluding hydrogens is 422 g/mol. The van der Waals surface area contributed by atoms with E-state index in [0.29, 0.717) is 23.8 Å². The first-order valence-corrected chi connectivity index (χ1v) is 12.1. The molecule has 0 amide bonds. The maximum atomic E-state index is 12.7. The lowest BCUT2D eigenvalue weighted by atomic mass is 9.85. The first-order valence-electron chi connectivity index (χ1n) is 12.1. The molecule has 0 N–H and O–H groups in total. The quantitative estimate of drug-likeness (QED) is 0.546. The molecular formula is C26H37NO6. The average Bonchev–Trinajstić information content (AvgIpc) is 3.53. The van der Waals surface area contributed by atoms with Crippen molar-refractivity contribution in [1.29, 1.82) is 0 Å². The highest BCUT2D eigenvalue weighted by Gasteiger charge is 2.64. The van der Waals surface area contributed by atoms with Crippen molar-refractivity contribution in [3.05, 3.63) is 23.3 Å². The second kappa shape index (κ2) is 9.53. The standard InChI is InChI=1S/C26H37NO6/c1-14(2)24-25-21(33-23(29)8-7-22(28)32-15(3)4)13-18-17-12-20(31-6)19(30-5)11-16(17)9-10-27(18)26(24)25/h11-12,14-15,18,21,24-26H,7-10,13H2,1-6H3/t18-,21-,24?,25-,26?/m1/s1. The highest BCUT2D eigenvalue weighted by atomic mass is 16.6. The number of nitrogens with zero attached hydrogens (tertiary/aromatic N) is 1. The Morgan fingerprint density at radius 1 is 1.03 bits per heavy atom. The van der Waals surface area contributed by atoms with Crippen LogP contribution >= 0.6 is 0 Å². The van der Waals surface area contributed by atoms with Gasteiger partial charge in [-0.2, -0.15) is 0 Å². The fourth-order valence-corrected chi connectivity index (χ4v) is 6.01. The highest BCUT2D eigenvalue weighted by molar-refractivity contribution is 5.77. The summed E-state index contributed by atoms with van der Waals surface area (Å²) >= 11 is 0. The molecule has 7 nitrogen and oxygen atoms in total. The third-order valence-electron chi connectivity index (χ3n) is 7.36. The number of benzene rings is 1. The van der Waals surface area contributed by atoms with E-state index in [1.54, 1.807) is 28.1 Å². The topological polar surface area (TPSA) is 74.3 Å². The maximum absolute atomic E-state index is 12.7. The van der Waals surface area contributed by atoms with Crippen LogP contribution in [0.1, 0.15) is 64.1 Å². The molecule has 1 aromatic rings. The van der Waals surface area contributed by atoms with Gasteiger partial charge in [0.05, 0.1) is 33.2 Å². The second-order valence-corrected chi connectivity index (χ2v) is 10.1. The van der Waals surface area contributed by atoms with Crippen molar-refractivity contribution < 1.29 is 28.5 Å². The van der Waals surface area contributed by atoms with Gasteiger partial charge in [-0.05, 0) is 55.4 Å². The molecule has 5 atom stereocenters. The Balaban J connectivity index is 1.52. The third-order valence-corrected chi connectivity index (χ3v) is 7.36. The van der Waals surface area contributed by atoms with E-state index in [0.717, 1.165) is 30.9 Å². The summed E-state index contributed by atoms with van der Waals surface area (Å²) in [4.78, 5) is 27.1. The van der Waals surface area contributed by atoms with Gasteiger partial charge in [0.15, 0.2) is 11.5 Å². The SMILES string of the molecule is COc1cc2c(cc1OC)[C@H]1C[C@@H](OC(=O)CCC(=O)OC(C)C)[C@@H]3C(C(C)C)C3N1CC2. The van der Waals surface area contributed by atoms with Crippen LogP contribution in [0, 0.1) is 17.8 Å². The molecule has 33 heavy (non-hydrogen) atoms. The van der Waals surface area contributed by atoms with Crippen molar-refractivity contribution in [2.24, 2.45) is 17.8 Å². The van der Waals surface area contributed by atoms with E-state index in [2.05, 4.69) is 30.9 Å². The van der Waals surface area contributed by atoms with E-state index in [-0.39, 0.29) is 43.0 Å². The molecule has 1 saturated heterocycles. The smallest absolute Gasteiger partial charge is 0.306 e. The number of rotatable bonds is 8. The van der Waals surface area contributed by atoms with Gasteiger partial charge < -0.3 is 18.9 Å². The molecule has 3 aliphatic rings. The molecule has 4 rings (SSSR count). The minimum atomic E-state index is -0.358. The summed E-state index contributed by atoms with van der Waals surface area (Å²) in [6.45, 7) is 9.11. The zero-order valence-corrected chi connectivity index (χ0v) is 20.6. The van der Waals surface area contributed by atoms with Gasteiger partial charge in [0.1, 0.15) is 6.10 Å². The van der Waals surface area contributed by atoms with Crippen molar-refractivity contribution >= 4 is 11.9 Å². The summed E-state index contributed by atoms with van der Waals surface area (Å²) < 4.78 is 22.3. The molecule has 7 heteroatoms. The van der Waals surface area contributed by atoms with Gasteiger partial charge in [-0.25, -0.2) is 0 Å². The van der Waals surface area contributed by atoms with Crippen molar-refractivity contribution in [1.82, 2.24) is 4.90 Å². The van der Waals surface area contributed by atoms with Crippen LogP contribution in [0.5, 0.6) is 11.5 Å². The summed E-state index contributed by atoms with van der Waals surface area (Å²) in [6.07, 6.45) is 1.52. The number of fused-ring (bicyclic) bond motifs is 5. The van der Waals surface area contributed by atoms with Crippen LogP contribution < -0.4 is 9.47 Å². The van der Waals surface area contributed by atoms with E-state index in [1.165, 1.54) is 11.1 Å². The van der Waals surface area contributed by atoms with Crippen LogP contribution in [0.2, 0.25) is 0 Å². The molecule has 2 heterocycles. The Hall–Kier alpha value is -2.28. The minimum absolute atomic E-state index is 0.0564. The van der Waals surface area contributed by atoms with Gasteiger partial charge in [0, 0.05) is 31.0 Å². The van der Waals surface area contributed by atoms with Crippen LogP contribution in [-0.4, -0.2) is 55.9 Å². The Morgan fingerprint density at radius 3 is 2.33 bits per heavy atom. The zero-order valence-electron chi connectivity index (χ0n) is 20.6. The monoisotopic (exact) mass is 459 g/mol. The normalized spacial score (nSPS) is 27.9. The Kier molecular flexibility index (Phi) is 6.89. The largest absolute Gasteiger partial charge is 0.493 e. The summed E-state index contributed by atoms with van der Waals surface area (Å²) in [5, 5.41) is 0. The number of hydrogen-bond acceptors (Lipinski definition) is 7. The second-order valence-electron chi connectivity index (χ2n) is 10.1. The van der Waals surface area contributed by atoms with E-state index < -0.39 is 0 Å². The van der Waals surface area contributed by atoms with Gasteiger partial charge in [-0.15, -0.1) is 0 Å². The van der Waals surface area contributed by atoms with Gasteiger partial charge in [0.2, 0.25) is 0 Å². The van der Waals surface area contributed by atoms with Crippen LogP contribution in [-0.2, 0) is 25.5 Å². The van der Waals surface area contributed by atoms with E-state index in [1.807, 2.05) is 0 Å². The maximum Gasteiger partial charge on any atom is 0.306 e. The summed E-state index contributed by atoms with van der Waals surface area (Å²) in [5.41, 5.74) is 2.52. The molecule has 0 spiro atoms. The van der Waals surface area contributed by atoms with Crippen LogP contribution in [0.4, 0.5) is 0 Å². The number of methoxy groups -OCH3 is 2. The molecule has 0 aromatic heterocycles. The van der Waals surface area contributed by atoms with Crippen LogP contribution in [0.25, 0.3) is 0 Å². The summed E-state index contributed by atoms with van der Waals surface area (Å²) in [6, 6.07) is 4.79. The first-order chi connectivity index (χ1) is 15.7. The average molecular weight is 460 g/mol. The van der Waals surface area contributed by atoms with E-state index in [4.69, 9.17) is 18.9 Å². The fourth-order valence-electron chi connectivity index (χ4n) is 6.01. The molecule has 2 unspecified atom stereocenters. The van der Waals surface area contributed by atoms with E-state index >= 15 is 0 Å². The van der Waals surface area contributed by atoms with Crippen molar-refractivity contribution in [2.75, 3.05) is 20.8 Å². The molecule has 0 radical (unpaired) electrons. The molecule has 0 bridgehead atoms. The molecule has 182 valence electrons. The predicted molar refractivity (Wildman–Crippen MR) is 123 cm³/mol. The zero-order chi connectivity index (χ0) is 23.9. The number of piperidine rings is 1. The predicted octanol–water partition coefficient (Wildman–Crippen LogP) is 3.92. The minimum Gasteiger partial charge on any atom is -0.493 e. The van der Waals surface area contributed by atoms with Gasteiger partial charge in [-0.3, -0.25) is 14.5 Å². The third kappa shape index (κ3) is 4.70. The fraction of sp³-hybridized carbons (Fsp3) is 0.692. The lowest BCUT2D eigenvalue weighted by Crippen LogP contribution is -2.45. The Labute approximate surface area is 196 Å². The molecule has 2 aliphatic heterocycles. The van der Waals surface area contributed by atoms with Crippen LogP contribution in [0.3, 0.4) is 0 Å². The number of esters is 2. The Morgan fingerprint density at radius 2 is 1.70 bits per heavy atom. The molecule has 1 saturated carbocycles. The van der Waals surface area contributed by atoms with Gasteiger partial charge in [0.25, 0.3) is 0 Å². The molecule has 1 aromatic carbocycles. The number of carbonyl (C=O) groups is 2. The lowest BCUT2D eigenvalue weighted by Gasteiger charge is -2.43. The van der Waals surface area contributed by atoms with E-state index in [9.17, 15) is 9.59 Å². The van der Waals surface area contributed by atoms with Crippen molar-refractivity contribution in [3.63, 3.8) is 0 Å². The molecule has 1 aliphatic carbocycles.